The van der Waals surface area contributed by atoms with Gasteiger partial charge in [0.15, 0.2) is 11.6 Å². The van der Waals surface area contributed by atoms with Gasteiger partial charge in [0.2, 0.25) is 11.6 Å². The number of pyridine rings is 1. The molecule has 0 spiro atoms. The molecular formula is C13H8F2N2O. The van der Waals surface area contributed by atoms with E-state index in [0.717, 1.165) is 17.7 Å². The van der Waals surface area contributed by atoms with Crippen molar-refractivity contribution < 1.29 is 13.2 Å². The lowest BCUT2D eigenvalue weighted by Gasteiger charge is -1.95. The van der Waals surface area contributed by atoms with Crippen LogP contribution in [0.3, 0.4) is 0 Å². The summed E-state index contributed by atoms with van der Waals surface area (Å²) in [6.07, 6.45) is 1.66. The number of rotatable bonds is 1. The zero-order valence-electron chi connectivity index (χ0n) is 9.45. The van der Waals surface area contributed by atoms with Gasteiger partial charge in [0.25, 0.3) is 0 Å². The normalized spacial score (nSPS) is 11.1. The molecule has 2 heterocycles. The van der Waals surface area contributed by atoms with E-state index in [1.54, 1.807) is 6.20 Å². The Morgan fingerprint density at radius 2 is 1.94 bits per heavy atom. The highest BCUT2D eigenvalue weighted by molar-refractivity contribution is 5.72. The number of nitrogens with zero attached hydrogens (tertiary/aromatic N) is 2. The Labute approximate surface area is 101 Å². The molecule has 3 rings (SSSR count). The molecule has 0 aliphatic heterocycles. The van der Waals surface area contributed by atoms with Gasteiger partial charge in [0, 0.05) is 11.8 Å². The predicted molar refractivity (Wildman–Crippen MR) is 61.9 cm³/mol. The van der Waals surface area contributed by atoms with Crippen molar-refractivity contribution in [2.45, 2.75) is 6.92 Å². The fourth-order valence-electron chi connectivity index (χ4n) is 1.68. The van der Waals surface area contributed by atoms with E-state index in [0.29, 0.717) is 16.8 Å². The Kier molecular flexibility index (Phi) is 2.33. The van der Waals surface area contributed by atoms with E-state index in [9.17, 15) is 8.78 Å². The summed E-state index contributed by atoms with van der Waals surface area (Å²) in [7, 11) is 0. The van der Waals surface area contributed by atoms with Crippen molar-refractivity contribution in [1.82, 2.24) is 9.97 Å². The number of benzene rings is 1. The van der Waals surface area contributed by atoms with Crippen LogP contribution in [0.25, 0.3) is 22.7 Å². The van der Waals surface area contributed by atoms with Crippen LogP contribution in [0.5, 0.6) is 0 Å². The van der Waals surface area contributed by atoms with Crippen LogP contribution in [-0.4, -0.2) is 9.97 Å². The van der Waals surface area contributed by atoms with Crippen molar-refractivity contribution >= 4 is 11.2 Å². The number of hydrogen-bond donors (Lipinski definition) is 0. The van der Waals surface area contributed by atoms with E-state index in [-0.39, 0.29) is 5.89 Å². The number of oxazole rings is 1. The Balaban J connectivity index is 2.16. The zero-order valence-corrected chi connectivity index (χ0v) is 9.45. The van der Waals surface area contributed by atoms with E-state index in [4.69, 9.17) is 4.42 Å². The number of aryl methyl sites for hydroxylation is 1. The molecule has 5 heteroatoms. The minimum atomic E-state index is -0.932. The Morgan fingerprint density at radius 3 is 2.72 bits per heavy atom. The van der Waals surface area contributed by atoms with Gasteiger partial charge in [-0.25, -0.2) is 18.7 Å². The smallest absolute Gasteiger partial charge is 0.247 e. The van der Waals surface area contributed by atoms with Gasteiger partial charge in [0.05, 0.1) is 0 Å². The van der Waals surface area contributed by atoms with E-state index in [2.05, 4.69) is 9.97 Å². The first-order chi connectivity index (χ1) is 8.63. The third-order valence-electron chi connectivity index (χ3n) is 2.55. The fraction of sp³-hybridized carbons (Fsp3) is 0.0769. The molecule has 0 fully saturated rings. The van der Waals surface area contributed by atoms with E-state index in [1.807, 2.05) is 13.0 Å². The summed E-state index contributed by atoms with van der Waals surface area (Å²) in [4.78, 5) is 8.27. The summed E-state index contributed by atoms with van der Waals surface area (Å²) in [5.74, 6) is -1.61. The van der Waals surface area contributed by atoms with E-state index in [1.165, 1.54) is 6.07 Å². The standard InChI is InChI=1S/C13H8F2N2O/c1-7-4-11-13(16-6-7)18-12(17-11)8-2-3-9(14)10(15)5-8/h2-6H,1H3. The third kappa shape index (κ3) is 1.73. The summed E-state index contributed by atoms with van der Waals surface area (Å²) in [5, 5.41) is 0. The molecule has 90 valence electrons. The van der Waals surface area contributed by atoms with Crippen molar-refractivity contribution in [3.63, 3.8) is 0 Å². The molecule has 0 saturated heterocycles. The molecule has 0 atom stereocenters. The highest BCUT2D eigenvalue weighted by Crippen LogP contribution is 2.24. The summed E-state index contributed by atoms with van der Waals surface area (Å²) >= 11 is 0. The molecule has 0 amide bonds. The molecule has 0 radical (unpaired) electrons. The predicted octanol–water partition coefficient (Wildman–Crippen LogP) is 3.48. The van der Waals surface area contributed by atoms with Crippen molar-refractivity contribution in [3.05, 3.63) is 47.7 Å². The molecule has 0 aliphatic carbocycles. The Morgan fingerprint density at radius 1 is 1.11 bits per heavy atom. The zero-order chi connectivity index (χ0) is 12.7. The molecule has 0 aliphatic rings. The minimum absolute atomic E-state index is 0.224. The first-order valence-corrected chi connectivity index (χ1v) is 5.32. The molecule has 0 unspecified atom stereocenters. The molecule has 0 N–H and O–H groups in total. The quantitative estimate of drug-likeness (QED) is 0.659. The van der Waals surface area contributed by atoms with Crippen LogP contribution < -0.4 is 0 Å². The second-order valence-electron chi connectivity index (χ2n) is 3.98. The van der Waals surface area contributed by atoms with Crippen molar-refractivity contribution in [2.24, 2.45) is 0 Å². The van der Waals surface area contributed by atoms with Crippen LogP contribution in [-0.2, 0) is 0 Å². The molecule has 3 nitrogen and oxygen atoms in total. The highest BCUT2D eigenvalue weighted by Gasteiger charge is 2.11. The van der Waals surface area contributed by atoms with Crippen molar-refractivity contribution in [1.29, 1.82) is 0 Å². The summed E-state index contributed by atoms with van der Waals surface area (Å²) in [6.45, 7) is 1.89. The maximum absolute atomic E-state index is 13.1. The summed E-state index contributed by atoms with van der Waals surface area (Å²) in [5.41, 5.74) is 2.30. The van der Waals surface area contributed by atoms with E-state index >= 15 is 0 Å². The van der Waals surface area contributed by atoms with Gasteiger partial charge in [-0.2, -0.15) is 0 Å². The Bertz CT molecular complexity index is 737. The van der Waals surface area contributed by atoms with E-state index < -0.39 is 11.6 Å². The summed E-state index contributed by atoms with van der Waals surface area (Å²) in [6, 6.07) is 5.32. The SMILES string of the molecule is Cc1cnc2oc(-c3ccc(F)c(F)c3)nc2c1. The topological polar surface area (TPSA) is 38.9 Å². The molecule has 1 aromatic carbocycles. The highest BCUT2D eigenvalue weighted by atomic mass is 19.2. The second-order valence-corrected chi connectivity index (χ2v) is 3.98. The second kappa shape index (κ2) is 3.87. The average Bonchev–Trinajstić information content (AvgIpc) is 2.75. The molecule has 0 bridgehead atoms. The molecule has 2 aromatic heterocycles. The maximum atomic E-state index is 13.1. The maximum Gasteiger partial charge on any atom is 0.247 e. The van der Waals surface area contributed by atoms with Crippen LogP contribution in [0.15, 0.2) is 34.9 Å². The Hall–Kier alpha value is -2.30. The lowest BCUT2D eigenvalue weighted by molar-refractivity contribution is 0.508. The average molecular weight is 246 g/mol. The van der Waals surface area contributed by atoms with Crippen LogP contribution in [0.4, 0.5) is 8.78 Å². The van der Waals surface area contributed by atoms with Gasteiger partial charge in [-0.1, -0.05) is 0 Å². The fourth-order valence-corrected chi connectivity index (χ4v) is 1.68. The lowest BCUT2D eigenvalue weighted by atomic mass is 10.2. The molecular weight excluding hydrogens is 238 g/mol. The van der Waals surface area contributed by atoms with Gasteiger partial charge in [0.1, 0.15) is 5.52 Å². The third-order valence-corrected chi connectivity index (χ3v) is 2.55. The largest absolute Gasteiger partial charge is 0.418 e. The molecule has 0 saturated carbocycles. The van der Waals surface area contributed by atoms with Crippen molar-refractivity contribution in [2.75, 3.05) is 0 Å². The van der Waals surface area contributed by atoms with Gasteiger partial charge in [-0.05, 0) is 36.8 Å². The lowest BCUT2D eigenvalue weighted by Crippen LogP contribution is -1.85. The van der Waals surface area contributed by atoms with Crippen LogP contribution in [0.2, 0.25) is 0 Å². The number of hydrogen-bond acceptors (Lipinski definition) is 3. The molecule has 3 aromatic rings. The number of fused-ring (bicyclic) bond motifs is 1. The van der Waals surface area contributed by atoms with Crippen molar-refractivity contribution in [3.8, 4) is 11.5 Å². The summed E-state index contributed by atoms with van der Waals surface area (Å²) < 4.78 is 31.4. The number of aromatic nitrogens is 2. The van der Waals surface area contributed by atoms with Crippen LogP contribution >= 0.6 is 0 Å². The first-order valence-electron chi connectivity index (χ1n) is 5.32. The van der Waals surface area contributed by atoms with Crippen LogP contribution in [0, 0.1) is 18.6 Å². The molecule has 18 heavy (non-hydrogen) atoms. The number of halogens is 2. The van der Waals surface area contributed by atoms with Crippen LogP contribution in [0.1, 0.15) is 5.56 Å². The monoisotopic (exact) mass is 246 g/mol. The first kappa shape index (κ1) is 10.8. The minimum Gasteiger partial charge on any atom is -0.418 e. The van der Waals surface area contributed by atoms with Gasteiger partial charge in [-0.15, -0.1) is 0 Å². The van der Waals surface area contributed by atoms with Gasteiger partial charge in [-0.3, -0.25) is 0 Å². The van der Waals surface area contributed by atoms with Gasteiger partial charge < -0.3 is 4.42 Å². The van der Waals surface area contributed by atoms with Gasteiger partial charge >= 0.3 is 0 Å².